The molecule has 8 heteroatoms. The van der Waals surface area contributed by atoms with E-state index in [0.717, 1.165) is 6.42 Å². The number of hydrogen-bond acceptors (Lipinski definition) is 5. The lowest BCUT2D eigenvalue weighted by Gasteiger charge is -2.22. The highest BCUT2D eigenvalue weighted by Crippen LogP contribution is 2.32. The summed E-state index contributed by atoms with van der Waals surface area (Å²) < 4.78 is 4.93. The van der Waals surface area contributed by atoms with Crippen LogP contribution < -0.4 is 10.5 Å². The molecule has 1 unspecified atom stereocenters. The van der Waals surface area contributed by atoms with E-state index in [1.165, 1.54) is 19.2 Å². The van der Waals surface area contributed by atoms with Gasteiger partial charge in [-0.2, -0.15) is 0 Å². The lowest BCUT2D eigenvalue weighted by molar-refractivity contribution is -0.385. The summed E-state index contributed by atoms with van der Waals surface area (Å²) in [5, 5.41) is 11.0. The number of carbonyl (C=O) groups excluding carboxylic acids is 1. The van der Waals surface area contributed by atoms with Gasteiger partial charge < -0.3 is 15.4 Å². The van der Waals surface area contributed by atoms with Crippen LogP contribution in [0.2, 0.25) is 0 Å². The number of nitro benzene ring substituents is 1. The largest absolute Gasteiger partial charge is 0.490 e. The average molecular weight is 330 g/mol. The summed E-state index contributed by atoms with van der Waals surface area (Å²) in [4.78, 5) is 24.6. The molecule has 0 aliphatic carbocycles. The number of nitro groups is 1. The maximum atomic E-state index is 12.4. The molecule has 1 saturated heterocycles. The number of nitrogens with two attached hydrogens (primary N) is 1. The van der Waals surface area contributed by atoms with Gasteiger partial charge in [-0.05, 0) is 30.5 Å². The highest BCUT2D eigenvalue weighted by Gasteiger charge is 2.35. The van der Waals surface area contributed by atoms with Crippen molar-refractivity contribution in [1.82, 2.24) is 4.90 Å². The molecule has 0 saturated carbocycles. The molecule has 1 aliphatic heterocycles. The van der Waals surface area contributed by atoms with Crippen molar-refractivity contribution in [2.45, 2.75) is 13.3 Å². The molecule has 1 atom stereocenters. The standard InChI is InChI=1S/C14H19N3O4.ClH/c1-14(8-15)5-6-16(9-14)13(18)10-3-4-12(21-2)11(7-10)17(19)20;/h3-4,7H,5-6,8-9,15H2,1-2H3;1H. The predicted octanol–water partition coefficient (Wildman–Crippen LogP) is 1.84. The van der Waals surface area contributed by atoms with Crippen molar-refractivity contribution in [1.29, 1.82) is 0 Å². The maximum absolute atomic E-state index is 12.4. The molecule has 1 aromatic carbocycles. The van der Waals surface area contributed by atoms with Crippen molar-refractivity contribution in [2.75, 3.05) is 26.7 Å². The topological polar surface area (TPSA) is 98.7 Å². The molecule has 1 heterocycles. The number of carbonyl (C=O) groups is 1. The fraction of sp³-hybridized carbons (Fsp3) is 0.500. The molecule has 1 fully saturated rings. The van der Waals surface area contributed by atoms with E-state index < -0.39 is 4.92 Å². The van der Waals surface area contributed by atoms with E-state index in [1.807, 2.05) is 6.92 Å². The molecule has 0 bridgehead atoms. The summed E-state index contributed by atoms with van der Waals surface area (Å²) in [5.74, 6) is -0.0669. The highest BCUT2D eigenvalue weighted by atomic mass is 35.5. The Balaban J connectivity index is 0.00000242. The van der Waals surface area contributed by atoms with Crippen LogP contribution in [0.25, 0.3) is 0 Å². The van der Waals surface area contributed by atoms with Gasteiger partial charge >= 0.3 is 5.69 Å². The fourth-order valence-electron chi connectivity index (χ4n) is 2.51. The van der Waals surface area contributed by atoms with Gasteiger partial charge in [0.25, 0.3) is 5.91 Å². The Morgan fingerprint density at radius 1 is 1.55 bits per heavy atom. The average Bonchev–Trinajstić information content (AvgIpc) is 2.89. The van der Waals surface area contributed by atoms with Crippen molar-refractivity contribution in [3.8, 4) is 5.75 Å². The molecule has 7 nitrogen and oxygen atoms in total. The second kappa shape index (κ2) is 6.93. The number of halogens is 1. The van der Waals surface area contributed by atoms with E-state index in [0.29, 0.717) is 25.2 Å². The Labute approximate surface area is 135 Å². The number of nitrogens with zero attached hydrogens (tertiary/aromatic N) is 2. The van der Waals surface area contributed by atoms with Crippen LogP contribution >= 0.6 is 12.4 Å². The van der Waals surface area contributed by atoms with Gasteiger partial charge in [-0.15, -0.1) is 12.4 Å². The summed E-state index contributed by atoms with van der Waals surface area (Å²) in [6, 6.07) is 4.26. The van der Waals surface area contributed by atoms with Gasteiger partial charge in [-0.1, -0.05) is 6.92 Å². The maximum Gasteiger partial charge on any atom is 0.311 e. The second-order valence-corrected chi connectivity index (χ2v) is 5.64. The Bertz CT molecular complexity index is 581. The van der Waals surface area contributed by atoms with E-state index in [2.05, 4.69) is 0 Å². The zero-order valence-corrected chi connectivity index (χ0v) is 13.4. The van der Waals surface area contributed by atoms with Crippen molar-refractivity contribution in [3.63, 3.8) is 0 Å². The van der Waals surface area contributed by atoms with E-state index >= 15 is 0 Å². The van der Waals surface area contributed by atoms with Gasteiger partial charge in [-0.25, -0.2) is 0 Å². The van der Waals surface area contributed by atoms with Crippen LogP contribution in [0.4, 0.5) is 5.69 Å². The fourth-order valence-corrected chi connectivity index (χ4v) is 2.51. The van der Waals surface area contributed by atoms with Gasteiger partial charge in [0.1, 0.15) is 0 Å². The van der Waals surface area contributed by atoms with Gasteiger partial charge in [0.2, 0.25) is 0 Å². The van der Waals surface area contributed by atoms with Gasteiger partial charge in [0, 0.05) is 24.7 Å². The Morgan fingerprint density at radius 3 is 2.73 bits per heavy atom. The highest BCUT2D eigenvalue weighted by molar-refractivity contribution is 5.95. The summed E-state index contributed by atoms with van der Waals surface area (Å²) in [5.41, 5.74) is 5.74. The van der Waals surface area contributed by atoms with E-state index in [1.54, 1.807) is 11.0 Å². The third-order valence-corrected chi connectivity index (χ3v) is 3.96. The minimum Gasteiger partial charge on any atom is -0.490 e. The zero-order chi connectivity index (χ0) is 15.6. The Kier molecular flexibility index (Phi) is 5.73. The molecule has 0 aromatic heterocycles. The minimum absolute atomic E-state index is 0. The molecule has 22 heavy (non-hydrogen) atoms. The Morgan fingerprint density at radius 2 is 2.23 bits per heavy atom. The zero-order valence-electron chi connectivity index (χ0n) is 12.6. The number of rotatable bonds is 4. The van der Waals surface area contributed by atoms with Crippen LogP contribution in [-0.4, -0.2) is 42.5 Å². The molecular formula is C14H20ClN3O4. The van der Waals surface area contributed by atoms with Crippen molar-refractivity contribution < 1.29 is 14.5 Å². The van der Waals surface area contributed by atoms with Crippen molar-refractivity contribution >= 4 is 24.0 Å². The lowest BCUT2D eigenvalue weighted by atomic mass is 9.90. The molecule has 1 aliphatic rings. The van der Waals surface area contributed by atoms with Crippen molar-refractivity contribution in [2.24, 2.45) is 11.1 Å². The predicted molar refractivity (Wildman–Crippen MR) is 84.6 cm³/mol. The Hall–Kier alpha value is -1.86. The summed E-state index contributed by atoms with van der Waals surface area (Å²) in [6.07, 6.45) is 0.841. The molecule has 2 N–H and O–H groups in total. The van der Waals surface area contributed by atoms with Crippen LogP contribution in [0.1, 0.15) is 23.7 Å². The molecule has 122 valence electrons. The molecule has 2 rings (SSSR count). The summed E-state index contributed by atoms with van der Waals surface area (Å²) in [7, 11) is 1.36. The van der Waals surface area contributed by atoms with Gasteiger partial charge in [0.05, 0.1) is 12.0 Å². The van der Waals surface area contributed by atoms with E-state index in [9.17, 15) is 14.9 Å². The first-order valence-corrected chi connectivity index (χ1v) is 6.72. The first-order chi connectivity index (χ1) is 9.90. The smallest absolute Gasteiger partial charge is 0.311 e. The third kappa shape index (κ3) is 3.48. The first kappa shape index (κ1) is 18.2. The molecule has 0 spiro atoms. The first-order valence-electron chi connectivity index (χ1n) is 6.72. The molecule has 1 aromatic rings. The summed E-state index contributed by atoms with van der Waals surface area (Å²) >= 11 is 0. The molecule has 0 radical (unpaired) electrons. The van der Waals surface area contributed by atoms with Crippen LogP contribution in [0.3, 0.4) is 0 Å². The number of amides is 1. The monoisotopic (exact) mass is 329 g/mol. The minimum atomic E-state index is -0.552. The number of methoxy groups -OCH3 is 1. The number of benzene rings is 1. The van der Waals surface area contributed by atoms with Crippen LogP contribution in [0.15, 0.2) is 18.2 Å². The number of hydrogen-bond donors (Lipinski definition) is 1. The number of ether oxygens (including phenoxy) is 1. The SMILES string of the molecule is COc1ccc(C(=O)N2CCC(C)(CN)C2)cc1[N+](=O)[O-].Cl. The van der Waals surface area contributed by atoms with Crippen LogP contribution in [-0.2, 0) is 0 Å². The second-order valence-electron chi connectivity index (χ2n) is 5.64. The lowest BCUT2D eigenvalue weighted by Crippen LogP contribution is -2.34. The number of likely N-dealkylation sites (tertiary alicyclic amines) is 1. The molecule has 1 amide bonds. The quantitative estimate of drug-likeness (QED) is 0.671. The molecular weight excluding hydrogens is 310 g/mol. The summed E-state index contributed by atoms with van der Waals surface area (Å²) in [6.45, 7) is 3.74. The van der Waals surface area contributed by atoms with E-state index in [-0.39, 0.29) is 35.2 Å². The van der Waals surface area contributed by atoms with Gasteiger partial charge in [0.15, 0.2) is 5.75 Å². The van der Waals surface area contributed by atoms with Crippen LogP contribution in [0.5, 0.6) is 5.75 Å². The third-order valence-electron chi connectivity index (χ3n) is 3.96. The van der Waals surface area contributed by atoms with Crippen molar-refractivity contribution in [3.05, 3.63) is 33.9 Å². The van der Waals surface area contributed by atoms with Gasteiger partial charge in [-0.3, -0.25) is 14.9 Å². The normalized spacial score (nSPS) is 20.4. The van der Waals surface area contributed by atoms with E-state index in [4.69, 9.17) is 10.5 Å². The van der Waals surface area contributed by atoms with Crippen LogP contribution in [0, 0.1) is 15.5 Å².